The number of carbonyl (C=O) groups is 2. The fourth-order valence-electron chi connectivity index (χ4n) is 2.18. The summed E-state index contributed by atoms with van der Waals surface area (Å²) in [6, 6.07) is 14.8. The van der Waals surface area contributed by atoms with Gasteiger partial charge in [-0.1, -0.05) is 31.2 Å². The summed E-state index contributed by atoms with van der Waals surface area (Å²) in [4.78, 5) is 23.6. The Balaban J connectivity index is 1.96. The molecule has 0 unspecified atom stereocenters. The summed E-state index contributed by atoms with van der Waals surface area (Å²) in [6.45, 7) is 4.24. The maximum Gasteiger partial charge on any atom is 0.310 e. The summed E-state index contributed by atoms with van der Waals surface area (Å²) < 4.78 is 4.91. The molecule has 0 spiro atoms. The Kier molecular flexibility index (Phi) is 5.92. The molecule has 0 fully saturated rings. The van der Waals surface area contributed by atoms with E-state index in [2.05, 4.69) is 12.2 Å². The van der Waals surface area contributed by atoms with Gasteiger partial charge in [0.05, 0.1) is 13.0 Å². The Bertz CT molecular complexity index is 660. The third-order valence-corrected chi connectivity index (χ3v) is 3.49. The minimum Gasteiger partial charge on any atom is -0.466 e. The third kappa shape index (κ3) is 4.95. The second-order valence-electron chi connectivity index (χ2n) is 5.18. The molecule has 4 heteroatoms. The highest BCUT2D eigenvalue weighted by Gasteiger charge is 2.07. The molecular formula is C19H21NO3. The number of esters is 1. The largest absolute Gasteiger partial charge is 0.466 e. The van der Waals surface area contributed by atoms with Crippen molar-refractivity contribution in [1.82, 2.24) is 0 Å². The molecule has 0 aromatic heterocycles. The molecule has 23 heavy (non-hydrogen) atoms. The highest BCUT2D eigenvalue weighted by atomic mass is 16.5. The second kappa shape index (κ2) is 8.13. The lowest BCUT2D eigenvalue weighted by atomic mass is 10.1. The molecule has 0 atom stereocenters. The maximum absolute atomic E-state index is 12.2. The molecule has 1 N–H and O–H groups in total. The van der Waals surface area contributed by atoms with Crippen LogP contribution < -0.4 is 5.32 Å². The Morgan fingerprint density at radius 1 is 0.913 bits per heavy atom. The molecule has 0 heterocycles. The van der Waals surface area contributed by atoms with Gasteiger partial charge in [0.1, 0.15) is 0 Å². The van der Waals surface area contributed by atoms with Gasteiger partial charge in [-0.05, 0) is 48.7 Å². The van der Waals surface area contributed by atoms with E-state index in [9.17, 15) is 9.59 Å². The van der Waals surface area contributed by atoms with Crippen LogP contribution in [0.4, 0.5) is 5.69 Å². The average Bonchev–Trinajstić information content (AvgIpc) is 2.57. The van der Waals surface area contributed by atoms with Gasteiger partial charge in [0.25, 0.3) is 5.91 Å². The quantitative estimate of drug-likeness (QED) is 0.829. The monoisotopic (exact) mass is 311 g/mol. The van der Waals surface area contributed by atoms with E-state index >= 15 is 0 Å². The first-order valence-electron chi connectivity index (χ1n) is 7.77. The van der Waals surface area contributed by atoms with Crippen molar-refractivity contribution in [2.75, 3.05) is 11.9 Å². The maximum atomic E-state index is 12.2. The molecule has 0 saturated carbocycles. The van der Waals surface area contributed by atoms with Gasteiger partial charge in [-0.15, -0.1) is 0 Å². The zero-order valence-electron chi connectivity index (χ0n) is 13.5. The molecule has 2 aromatic rings. The van der Waals surface area contributed by atoms with Crippen LogP contribution in [0.3, 0.4) is 0 Å². The Morgan fingerprint density at radius 3 is 2.09 bits per heavy atom. The summed E-state index contributed by atoms with van der Waals surface area (Å²) >= 11 is 0. The van der Waals surface area contributed by atoms with E-state index < -0.39 is 0 Å². The number of benzene rings is 2. The number of amides is 1. The van der Waals surface area contributed by atoms with E-state index in [1.165, 1.54) is 5.56 Å². The topological polar surface area (TPSA) is 55.4 Å². The van der Waals surface area contributed by atoms with Crippen molar-refractivity contribution in [3.05, 3.63) is 65.2 Å². The van der Waals surface area contributed by atoms with Crippen LogP contribution in [-0.4, -0.2) is 18.5 Å². The minimum atomic E-state index is -0.250. The lowest BCUT2D eigenvalue weighted by molar-refractivity contribution is -0.142. The Morgan fingerprint density at radius 2 is 1.52 bits per heavy atom. The van der Waals surface area contributed by atoms with Gasteiger partial charge in [-0.25, -0.2) is 0 Å². The summed E-state index contributed by atoms with van der Waals surface area (Å²) in [5.41, 5.74) is 3.37. The number of rotatable bonds is 6. The molecule has 4 nitrogen and oxygen atoms in total. The number of ether oxygens (including phenoxy) is 1. The second-order valence-corrected chi connectivity index (χ2v) is 5.18. The van der Waals surface area contributed by atoms with Crippen LogP contribution in [0, 0.1) is 0 Å². The van der Waals surface area contributed by atoms with Crippen molar-refractivity contribution in [3.8, 4) is 0 Å². The van der Waals surface area contributed by atoms with Gasteiger partial charge in [0, 0.05) is 11.3 Å². The van der Waals surface area contributed by atoms with Crippen LogP contribution in [0.2, 0.25) is 0 Å². The van der Waals surface area contributed by atoms with Gasteiger partial charge in [-0.2, -0.15) is 0 Å². The zero-order chi connectivity index (χ0) is 16.7. The number of hydrogen-bond acceptors (Lipinski definition) is 3. The number of anilines is 1. The van der Waals surface area contributed by atoms with Crippen LogP contribution >= 0.6 is 0 Å². The first-order chi connectivity index (χ1) is 11.1. The standard InChI is InChI=1S/C19H21NO3/c1-3-14-5-9-16(10-6-14)19(22)20-17-11-7-15(8-12-17)13-18(21)23-4-2/h5-12H,3-4,13H2,1-2H3,(H,20,22). The first-order valence-corrected chi connectivity index (χ1v) is 7.77. The predicted octanol–water partition coefficient (Wildman–Crippen LogP) is 3.61. The van der Waals surface area contributed by atoms with E-state index in [0.717, 1.165) is 12.0 Å². The van der Waals surface area contributed by atoms with Crippen molar-refractivity contribution in [2.45, 2.75) is 26.7 Å². The molecule has 120 valence electrons. The van der Waals surface area contributed by atoms with Gasteiger partial charge in [0.2, 0.25) is 0 Å². The Labute approximate surface area is 136 Å². The summed E-state index contributed by atoms with van der Waals surface area (Å²) in [7, 11) is 0. The number of carbonyl (C=O) groups excluding carboxylic acids is 2. The molecule has 0 radical (unpaired) electrons. The van der Waals surface area contributed by atoms with Gasteiger partial charge < -0.3 is 10.1 Å². The SMILES string of the molecule is CCOC(=O)Cc1ccc(NC(=O)c2ccc(CC)cc2)cc1. The summed E-state index contributed by atoms with van der Waals surface area (Å²) in [5.74, 6) is -0.397. The molecule has 2 rings (SSSR count). The van der Waals surface area contributed by atoms with Crippen molar-refractivity contribution in [3.63, 3.8) is 0 Å². The average molecular weight is 311 g/mol. The van der Waals surface area contributed by atoms with Crippen molar-refractivity contribution in [1.29, 1.82) is 0 Å². The lowest BCUT2D eigenvalue weighted by Gasteiger charge is -2.07. The highest BCUT2D eigenvalue weighted by molar-refractivity contribution is 6.04. The fourth-order valence-corrected chi connectivity index (χ4v) is 2.18. The van der Waals surface area contributed by atoms with Crippen molar-refractivity contribution in [2.24, 2.45) is 0 Å². The van der Waals surface area contributed by atoms with E-state index in [1.54, 1.807) is 19.1 Å². The van der Waals surface area contributed by atoms with Crippen LogP contribution in [0.15, 0.2) is 48.5 Å². The lowest BCUT2D eigenvalue weighted by Crippen LogP contribution is -2.12. The number of hydrogen-bond donors (Lipinski definition) is 1. The zero-order valence-corrected chi connectivity index (χ0v) is 13.5. The van der Waals surface area contributed by atoms with Crippen molar-refractivity contribution >= 4 is 17.6 Å². The first kappa shape index (κ1) is 16.7. The van der Waals surface area contributed by atoms with Crippen LogP contribution in [0.5, 0.6) is 0 Å². The third-order valence-electron chi connectivity index (χ3n) is 3.49. The van der Waals surface area contributed by atoms with Gasteiger partial charge >= 0.3 is 5.97 Å². The molecule has 0 bridgehead atoms. The molecule has 2 aromatic carbocycles. The van der Waals surface area contributed by atoms with E-state index in [4.69, 9.17) is 4.74 Å². The smallest absolute Gasteiger partial charge is 0.310 e. The van der Waals surface area contributed by atoms with Crippen LogP contribution in [0.25, 0.3) is 0 Å². The van der Waals surface area contributed by atoms with Crippen LogP contribution in [0.1, 0.15) is 35.3 Å². The molecule has 0 saturated heterocycles. The minimum absolute atomic E-state index is 0.147. The molecule has 1 amide bonds. The summed E-state index contributed by atoms with van der Waals surface area (Å²) in [5, 5.41) is 2.85. The van der Waals surface area contributed by atoms with Crippen LogP contribution in [-0.2, 0) is 22.4 Å². The normalized spacial score (nSPS) is 10.2. The molecule has 0 aliphatic carbocycles. The molecule has 0 aliphatic heterocycles. The predicted molar refractivity (Wildman–Crippen MR) is 90.6 cm³/mol. The van der Waals surface area contributed by atoms with Gasteiger partial charge in [-0.3, -0.25) is 9.59 Å². The fraction of sp³-hybridized carbons (Fsp3) is 0.263. The van der Waals surface area contributed by atoms with E-state index in [1.807, 2.05) is 36.4 Å². The number of aryl methyl sites for hydroxylation is 1. The van der Waals surface area contributed by atoms with Crippen molar-refractivity contribution < 1.29 is 14.3 Å². The molecular weight excluding hydrogens is 290 g/mol. The number of nitrogens with one attached hydrogen (secondary N) is 1. The summed E-state index contributed by atoms with van der Waals surface area (Å²) in [6.07, 6.45) is 1.18. The molecule has 0 aliphatic rings. The van der Waals surface area contributed by atoms with Gasteiger partial charge in [0.15, 0.2) is 0 Å². The Hall–Kier alpha value is -2.62. The highest BCUT2D eigenvalue weighted by Crippen LogP contribution is 2.13. The van der Waals surface area contributed by atoms with E-state index in [0.29, 0.717) is 17.9 Å². The van der Waals surface area contributed by atoms with E-state index in [-0.39, 0.29) is 18.3 Å².